The van der Waals surface area contributed by atoms with Crippen LogP contribution in [0.15, 0.2) is 141 Å². The van der Waals surface area contributed by atoms with E-state index in [2.05, 4.69) is 116 Å². The van der Waals surface area contributed by atoms with E-state index in [1.165, 1.54) is 80.2 Å². The molecule has 444 valence electrons. The van der Waals surface area contributed by atoms with Crippen molar-refractivity contribution in [1.82, 2.24) is 46.1 Å². The Labute approximate surface area is 474 Å². The van der Waals surface area contributed by atoms with Gasteiger partial charge < -0.3 is 39.9 Å². The van der Waals surface area contributed by atoms with E-state index in [9.17, 15) is 8.78 Å². The Morgan fingerprint density at radius 2 is 1.14 bits per heavy atom. The molecule has 13 nitrogen and oxygen atoms in total. The van der Waals surface area contributed by atoms with Gasteiger partial charge in [0.25, 0.3) is 0 Å². The van der Waals surface area contributed by atoms with Crippen LogP contribution in [0.1, 0.15) is 179 Å². The van der Waals surface area contributed by atoms with Gasteiger partial charge in [-0.25, -0.2) is 4.98 Å². The number of allylic oxidation sites excluding steroid dienone is 2. The number of hydrogen-bond acceptors (Lipinski definition) is 12. The van der Waals surface area contributed by atoms with Crippen molar-refractivity contribution in [3.8, 4) is 0 Å². The molecule has 0 saturated heterocycles. The molecule has 0 bridgehead atoms. The summed E-state index contributed by atoms with van der Waals surface area (Å²) in [5, 5.41) is 17.2. The van der Waals surface area contributed by atoms with Crippen LogP contribution < -0.4 is 16.0 Å². The first-order valence-corrected chi connectivity index (χ1v) is 29.6. The number of halogens is 2. The van der Waals surface area contributed by atoms with Gasteiger partial charge >= 0.3 is 6.29 Å². The van der Waals surface area contributed by atoms with Crippen molar-refractivity contribution in [2.24, 2.45) is 0 Å². The quantitative estimate of drug-likeness (QED) is 0.114. The normalized spacial score (nSPS) is 13.5. The number of nitrogens with one attached hydrogen (secondary N) is 5. The number of aryl methyl sites for hydroxylation is 2. The molecule has 77 heavy (non-hydrogen) atoms. The SMILES string of the molecule is C1=CNCC1.C1=COCCC1.C1=COCCN1.C1=CSCCN1.C1=Cc2ccccc2C1.CC.CC.CC.CC.CC.CC.CC.CC.CC.FC1(F)OC=CO1.c1cc2c([nH]1)CCCC2.c1cnccn1.c1nc[nH]n1. The highest BCUT2D eigenvalue weighted by atomic mass is 32.2. The molecule has 5 aliphatic heterocycles. The molecule has 0 fully saturated rings. The number of aromatic nitrogens is 6. The second-order valence-corrected chi connectivity index (χ2v) is 13.3. The van der Waals surface area contributed by atoms with Gasteiger partial charge in [0, 0.05) is 74.5 Å². The lowest BCUT2D eigenvalue weighted by Crippen LogP contribution is -2.16. The van der Waals surface area contributed by atoms with E-state index in [-0.39, 0.29) is 0 Å². The summed E-state index contributed by atoms with van der Waals surface area (Å²) in [5.74, 6) is 1.22. The molecule has 2 aliphatic carbocycles. The minimum absolute atomic E-state index is 0.792. The average Bonchev–Trinajstić information content (AvgIpc) is 4.45. The second-order valence-electron chi connectivity index (χ2n) is 12.3. The zero-order valence-electron chi connectivity index (χ0n) is 51.3. The van der Waals surface area contributed by atoms with E-state index in [1.54, 1.807) is 49.1 Å². The number of H-pyrrole nitrogens is 2. The molecule has 11 rings (SSSR count). The highest BCUT2D eigenvalue weighted by Gasteiger charge is 2.35. The van der Waals surface area contributed by atoms with Gasteiger partial charge in [-0.15, -0.1) is 20.5 Å². The summed E-state index contributed by atoms with van der Waals surface area (Å²) in [7, 11) is 0. The number of nitrogens with zero attached hydrogens (tertiary/aromatic N) is 4. The van der Waals surface area contributed by atoms with Crippen LogP contribution >= 0.6 is 11.8 Å². The van der Waals surface area contributed by atoms with Crippen molar-refractivity contribution < 1.29 is 27.7 Å². The molecule has 3 aromatic heterocycles. The van der Waals surface area contributed by atoms with Crippen LogP contribution in [0, 0.1) is 0 Å². The van der Waals surface area contributed by atoms with E-state index in [1.807, 2.05) is 155 Å². The third-order valence-electron chi connectivity index (χ3n) is 7.83. The summed E-state index contributed by atoms with van der Waals surface area (Å²) in [6.07, 6.45) is 37.5. The predicted molar refractivity (Wildman–Crippen MR) is 332 cm³/mol. The molecule has 0 amide bonds. The minimum Gasteiger partial charge on any atom is -0.502 e. The summed E-state index contributed by atoms with van der Waals surface area (Å²) in [6.45, 7) is 40.9. The number of fused-ring (bicyclic) bond motifs is 2. The molecule has 4 aromatic rings. The lowest BCUT2D eigenvalue weighted by Gasteiger charge is -2.08. The van der Waals surface area contributed by atoms with E-state index in [0.717, 1.165) is 51.8 Å². The minimum atomic E-state index is -3.42. The molecular formula is C61H111F2N9O4S. The van der Waals surface area contributed by atoms with Crippen LogP contribution in [0.4, 0.5) is 8.78 Å². The maximum atomic E-state index is 11.4. The number of ether oxygens (including phenoxy) is 4. The molecule has 5 N–H and O–H groups in total. The molecule has 1 aromatic carbocycles. The second kappa shape index (κ2) is 81.3. The number of hydrogen-bond donors (Lipinski definition) is 5. The van der Waals surface area contributed by atoms with Crippen LogP contribution in [-0.4, -0.2) is 75.0 Å². The standard InChI is InChI=1S/C9H8.C8H11N.C5H8O.C4H4N2.C4H7NO.C4H7NS.C4H7N.C3H2F2O2.C2H3N3.9C2H6/c1-2-5-9-7-3-6-8(9)4-1;1-2-4-8-7(3-1)5-6-9-8;1-2-4-6-5-3-1;1-2-6-4-3-5-1;2*1-3-6-4-2-5-1;1-2-4-5-3-1;4-3(5)6-1-2-7-3;1-3-2-5-4-1;9*1-2/h1-6H,7H2;5-6,9H,1-4H2;2,4H,1,3,5H2;1-4H;2*1,3,5H,2,4H2;1,3,5H,2,4H2;1-2H;1-2H,(H,3,4,5);9*1-2H3. The Kier molecular flexibility index (Phi) is 89.7. The van der Waals surface area contributed by atoms with Crippen LogP contribution in [0.2, 0.25) is 0 Å². The summed E-state index contributed by atoms with van der Waals surface area (Å²) in [6, 6.07) is 10.7. The average molecular weight is 1100 g/mol. The monoisotopic (exact) mass is 1100 g/mol. The largest absolute Gasteiger partial charge is 0.585 e. The van der Waals surface area contributed by atoms with Crippen LogP contribution in [0.25, 0.3) is 6.08 Å². The van der Waals surface area contributed by atoms with Crippen molar-refractivity contribution in [1.29, 1.82) is 0 Å². The summed E-state index contributed by atoms with van der Waals surface area (Å²) in [4.78, 5) is 14.3. The fraction of sp³-hybridized carbons (Fsp3) is 0.541. The van der Waals surface area contributed by atoms with Crippen molar-refractivity contribution in [2.75, 3.05) is 38.6 Å². The maximum absolute atomic E-state index is 11.4. The molecule has 0 saturated carbocycles. The number of rotatable bonds is 0. The van der Waals surface area contributed by atoms with E-state index in [4.69, 9.17) is 9.47 Å². The number of alkyl halides is 2. The molecule has 0 radical (unpaired) electrons. The van der Waals surface area contributed by atoms with E-state index < -0.39 is 6.29 Å². The predicted octanol–water partition coefficient (Wildman–Crippen LogP) is 17.4. The molecular weight excluding hydrogens is 993 g/mol. The van der Waals surface area contributed by atoms with E-state index in [0.29, 0.717) is 0 Å². The highest BCUT2D eigenvalue weighted by molar-refractivity contribution is 8.02. The van der Waals surface area contributed by atoms with Crippen molar-refractivity contribution in [3.05, 3.63) is 164 Å². The van der Waals surface area contributed by atoms with Gasteiger partial charge in [-0.3, -0.25) is 15.1 Å². The lowest BCUT2D eigenvalue weighted by molar-refractivity contribution is -0.329. The lowest BCUT2D eigenvalue weighted by atomic mass is 9.98. The van der Waals surface area contributed by atoms with Crippen molar-refractivity contribution in [2.45, 2.75) is 182 Å². The van der Waals surface area contributed by atoms with Crippen molar-refractivity contribution >= 4 is 17.8 Å². The Morgan fingerprint density at radius 3 is 1.44 bits per heavy atom. The Balaban J connectivity index is -0.000000139. The zero-order chi connectivity index (χ0) is 59.6. The van der Waals surface area contributed by atoms with Gasteiger partial charge in [-0.1, -0.05) is 167 Å². The van der Waals surface area contributed by atoms with Gasteiger partial charge in [0.1, 0.15) is 31.8 Å². The summed E-state index contributed by atoms with van der Waals surface area (Å²) < 4.78 is 39.8. The highest BCUT2D eigenvalue weighted by Crippen LogP contribution is 2.22. The molecule has 16 heteroatoms. The molecule has 7 aliphatic rings. The number of benzene rings is 1. The first-order valence-electron chi connectivity index (χ1n) is 28.6. The number of thioether (sulfide) groups is 1. The van der Waals surface area contributed by atoms with Crippen LogP contribution in [0.5, 0.6) is 0 Å². The Bertz CT molecular complexity index is 1610. The Morgan fingerprint density at radius 1 is 0.545 bits per heavy atom. The third kappa shape index (κ3) is 64.2. The first-order chi connectivity index (χ1) is 38.1. The fourth-order valence-electron chi connectivity index (χ4n) is 5.01. The molecule has 0 spiro atoms. The molecule has 0 unspecified atom stereocenters. The smallest absolute Gasteiger partial charge is 0.502 e. The fourth-order valence-corrected chi connectivity index (χ4v) is 5.58. The van der Waals surface area contributed by atoms with Crippen LogP contribution in [-0.2, 0) is 38.2 Å². The Hall–Kier alpha value is -6.03. The van der Waals surface area contributed by atoms with E-state index >= 15 is 0 Å². The summed E-state index contributed by atoms with van der Waals surface area (Å²) in [5.41, 5.74) is 5.86. The first kappa shape index (κ1) is 84.9. The van der Waals surface area contributed by atoms with Gasteiger partial charge in [0.05, 0.1) is 19.1 Å². The maximum Gasteiger partial charge on any atom is 0.585 e. The number of aromatic amines is 2. The zero-order valence-corrected chi connectivity index (χ0v) is 52.2. The molecule has 0 atom stereocenters. The third-order valence-corrected chi connectivity index (χ3v) is 8.60. The molecule has 8 heterocycles. The topological polar surface area (TPSA) is 156 Å². The van der Waals surface area contributed by atoms with Gasteiger partial charge in [0.15, 0.2) is 0 Å². The van der Waals surface area contributed by atoms with Gasteiger partial charge in [0.2, 0.25) is 0 Å². The summed E-state index contributed by atoms with van der Waals surface area (Å²) >= 11 is 1.85. The van der Waals surface area contributed by atoms with Gasteiger partial charge in [-0.05, 0) is 91.8 Å². The van der Waals surface area contributed by atoms with Crippen LogP contribution in [0.3, 0.4) is 0 Å². The van der Waals surface area contributed by atoms with Crippen molar-refractivity contribution in [3.63, 3.8) is 0 Å². The van der Waals surface area contributed by atoms with Gasteiger partial charge in [-0.2, -0.15) is 5.10 Å².